The fourth-order valence-electron chi connectivity index (χ4n) is 1.79. The Labute approximate surface area is 145 Å². The highest BCUT2D eigenvalue weighted by molar-refractivity contribution is 5.42. The van der Waals surface area contributed by atoms with Crippen molar-refractivity contribution < 1.29 is 0 Å². The van der Waals surface area contributed by atoms with Crippen molar-refractivity contribution in [3.63, 3.8) is 0 Å². The van der Waals surface area contributed by atoms with E-state index in [0.29, 0.717) is 17.8 Å². The first-order chi connectivity index (χ1) is 11.4. The van der Waals surface area contributed by atoms with Gasteiger partial charge in [0.2, 0.25) is 17.8 Å². The van der Waals surface area contributed by atoms with Crippen LogP contribution in [0.1, 0.15) is 0 Å². The van der Waals surface area contributed by atoms with Crippen LogP contribution in [-0.2, 0) is 0 Å². The van der Waals surface area contributed by atoms with Crippen LogP contribution >= 0.6 is 0 Å². The summed E-state index contributed by atoms with van der Waals surface area (Å²) in [4.78, 5) is 19.7. The lowest BCUT2D eigenvalue weighted by molar-refractivity contribution is 0.424. The standard InChI is InChI=1S/C15H33N9/c1-22(2)10-7-16-13-19-14(17-8-11-23(3)4)21-15(20-13)18-9-12-24(5)6/h7-12H2,1-6H3,(H3,16,17,18,19,20,21). The van der Waals surface area contributed by atoms with E-state index in [0.717, 1.165) is 39.3 Å². The van der Waals surface area contributed by atoms with Gasteiger partial charge in [0, 0.05) is 39.3 Å². The van der Waals surface area contributed by atoms with Crippen LogP contribution in [0.4, 0.5) is 17.8 Å². The lowest BCUT2D eigenvalue weighted by atomic mass is 10.5. The van der Waals surface area contributed by atoms with E-state index in [-0.39, 0.29) is 0 Å². The lowest BCUT2D eigenvalue weighted by Crippen LogP contribution is -2.24. The van der Waals surface area contributed by atoms with Gasteiger partial charge in [-0.2, -0.15) is 15.0 Å². The molecule has 1 aromatic rings. The van der Waals surface area contributed by atoms with Crippen molar-refractivity contribution in [1.29, 1.82) is 0 Å². The van der Waals surface area contributed by atoms with Crippen LogP contribution in [0.25, 0.3) is 0 Å². The summed E-state index contributed by atoms with van der Waals surface area (Å²) in [6.45, 7) is 5.09. The van der Waals surface area contributed by atoms with Crippen molar-refractivity contribution in [1.82, 2.24) is 29.7 Å². The number of nitrogens with one attached hydrogen (secondary N) is 3. The van der Waals surface area contributed by atoms with Gasteiger partial charge < -0.3 is 30.7 Å². The third kappa shape index (κ3) is 9.43. The number of rotatable bonds is 12. The van der Waals surface area contributed by atoms with Crippen LogP contribution in [0, 0.1) is 0 Å². The van der Waals surface area contributed by atoms with Gasteiger partial charge in [0.05, 0.1) is 0 Å². The van der Waals surface area contributed by atoms with Gasteiger partial charge in [0.15, 0.2) is 0 Å². The average molecular weight is 339 g/mol. The van der Waals surface area contributed by atoms with Gasteiger partial charge >= 0.3 is 0 Å². The van der Waals surface area contributed by atoms with Crippen molar-refractivity contribution in [2.75, 3.05) is 97.5 Å². The molecule has 0 saturated heterocycles. The van der Waals surface area contributed by atoms with E-state index in [1.807, 2.05) is 42.3 Å². The summed E-state index contributed by atoms with van der Waals surface area (Å²) < 4.78 is 0. The molecule has 0 aromatic carbocycles. The molecule has 0 amide bonds. The molecular weight excluding hydrogens is 306 g/mol. The monoisotopic (exact) mass is 339 g/mol. The second kappa shape index (κ2) is 11.0. The van der Waals surface area contributed by atoms with Crippen molar-refractivity contribution in [3.8, 4) is 0 Å². The van der Waals surface area contributed by atoms with Gasteiger partial charge in [0.1, 0.15) is 0 Å². The summed E-state index contributed by atoms with van der Waals surface area (Å²) in [6.07, 6.45) is 0. The van der Waals surface area contributed by atoms with Crippen LogP contribution in [0.15, 0.2) is 0 Å². The first kappa shape index (κ1) is 20.3. The Morgan fingerprint density at radius 2 is 0.792 bits per heavy atom. The number of hydrogen-bond acceptors (Lipinski definition) is 9. The van der Waals surface area contributed by atoms with Gasteiger partial charge in [0.25, 0.3) is 0 Å². The molecule has 0 aliphatic rings. The first-order valence-electron chi connectivity index (χ1n) is 8.28. The quantitative estimate of drug-likeness (QED) is 0.479. The Morgan fingerprint density at radius 3 is 1.00 bits per heavy atom. The van der Waals surface area contributed by atoms with E-state index in [1.165, 1.54) is 0 Å². The van der Waals surface area contributed by atoms with Crippen molar-refractivity contribution in [3.05, 3.63) is 0 Å². The maximum Gasteiger partial charge on any atom is 0.229 e. The van der Waals surface area contributed by atoms with Crippen LogP contribution in [-0.4, -0.2) is 111 Å². The Morgan fingerprint density at radius 1 is 0.542 bits per heavy atom. The second-order valence-corrected chi connectivity index (χ2v) is 6.50. The molecule has 138 valence electrons. The number of aromatic nitrogens is 3. The third-order valence-corrected chi connectivity index (χ3v) is 3.16. The van der Waals surface area contributed by atoms with Crippen LogP contribution in [0.3, 0.4) is 0 Å². The summed E-state index contributed by atoms with van der Waals surface area (Å²) in [5, 5.41) is 9.75. The molecule has 0 atom stereocenters. The van der Waals surface area contributed by atoms with Gasteiger partial charge in [-0.15, -0.1) is 0 Å². The molecule has 24 heavy (non-hydrogen) atoms. The Bertz CT molecular complexity index is 383. The number of nitrogens with zero attached hydrogens (tertiary/aromatic N) is 6. The van der Waals surface area contributed by atoms with Crippen LogP contribution in [0.2, 0.25) is 0 Å². The molecule has 0 saturated carbocycles. The van der Waals surface area contributed by atoms with E-state index in [4.69, 9.17) is 0 Å². The van der Waals surface area contributed by atoms with E-state index in [9.17, 15) is 0 Å². The highest BCUT2D eigenvalue weighted by Gasteiger charge is 2.06. The number of likely N-dealkylation sites (N-methyl/N-ethyl adjacent to an activating group) is 3. The van der Waals surface area contributed by atoms with Crippen LogP contribution < -0.4 is 16.0 Å². The van der Waals surface area contributed by atoms with E-state index < -0.39 is 0 Å². The van der Waals surface area contributed by atoms with E-state index in [1.54, 1.807) is 0 Å². The van der Waals surface area contributed by atoms with Gasteiger partial charge in [-0.3, -0.25) is 0 Å². The van der Waals surface area contributed by atoms with Gasteiger partial charge in [-0.05, 0) is 42.3 Å². The molecule has 1 aromatic heterocycles. The van der Waals surface area contributed by atoms with Crippen molar-refractivity contribution in [2.45, 2.75) is 0 Å². The second-order valence-electron chi connectivity index (χ2n) is 6.50. The number of anilines is 3. The fraction of sp³-hybridized carbons (Fsp3) is 0.800. The Kier molecular flexibility index (Phi) is 9.28. The highest BCUT2D eigenvalue weighted by atomic mass is 15.3. The fourth-order valence-corrected chi connectivity index (χ4v) is 1.79. The summed E-state index contributed by atoms with van der Waals surface area (Å²) in [7, 11) is 12.2. The van der Waals surface area contributed by atoms with Crippen molar-refractivity contribution >= 4 is 17.8 Å². The molecule has 0 bridgehead atoms. The first-order valence-corrected chi connectivity index (χ1v) is 8.28. The molecule has 1 heterocycles. The van der Waals surface area contributed by atoms with Gasteiger partial charge in [-0.1, -0.05) is 0 Å². The molecule has 1 rings (SSSR count). The molecule has 0 aliphatic carbocycles. The topological polar surface area (TPSA) is 84.5 Å². The average Bonchev–Trinajstić information content (AvgIpc) is 2.46. The van der Waals surface area contributed by atoms with Crippen molar-refractivity contribution in [2.24, 2.45) is 0 Å². The number of hydrogen-bond donors (Lipinski definition) is 3. The molecular formula is C15H33N9. The molecule has 3 N–H and O–H groups in total. The maximum atomic E-state index is 4.44. The molecule has 0 unspecified atom stereocenters. The highest BCUT2D eigenvalue weighted by Crippen LogP contribution is 2.09. The molecule has 9 nitrogen and oxygen atoms in total. The predicted molar refractivity (Wildman–Crippen MR) is 101 cm³/mol. The Balaban J connectivity index is 2.68. The minimum Gasteiger partial charge on any atom is -0.353 e. The minimum atomic E-state index is 0.589. The molecule has 0 fully saturated rings. The third-order valence-electron chi connectivity index (χ3n) is 3.16. The zero-order chi connectivity index (χ0) is 17.9. The van der Waals surface area contributed by atoms with Gasteiger partial charge in [-0.25, -0.2) is 0 Å². The zero-order valence-electron chi connectivity index (χ0n) is 15.9. The normalized spacial score (nSPS) is 11.4. The summed E-state index contributed by atoms with van der Waals surface area (Å²) in [5.41, 5.74) is 0. The van der Waals surface area contributed by atoms with E-state index in [2.05, 4.69) is 45.6 Å². The SMILES string of the molecule is CN(C)CCNc1nc(NCCN(C)C)nc(NCCN(C)C)n1. The zero-order valence-corrected chi connectivity index (χ0v) is 15.9. The maximum absolute atomic E-state index is 4.44. The molecule has 0 aliphatic heterocycles. The predicted octanol–water partition coefficient (Wildman–Crippen LogP) is -0.208. The molecule has 0 radical (unpaired) electrons. The summed E-state index contributed by atoms with van der Waals surface area (Å²) in [5.74, 6) is 1.77. The minimum absolute atomic E-state index is 0.589. The largest absolute Gasteiger partial charge is 0.353 e. The summed E-state index contributed by atoms with van der Waals surface area (Å²) >= 11 is 0. The van der Waals surface area contributed by atoms with E-state index >= 15 is 0 Å². The molecule has 9 heteroatoms. The van der Waals surface area contributed by atoms with Crippen LogP contribution in [0.5, 0.6) is 0 Å². The molecule has 0 spiro atoms. The Hall–Kier alpha value is -1.71. The summed E-state index contributed by atoms with van der Waals surface area (Å²) in [6, 6.07) is 0. The smallest absolute Gasteiger partial charge is 0.229 e. The lowest BCUT2D eigenvalue weighted by Gasteiger charge is -2.15.